The number of carbonyl (C=O) groups is 1. The van der Waals surface area contributed by atoms with E-state index in [4.69, 9.17) is 10.5 Å². The molecule has 0 aromatic heterocycles. The Morgan fingerprint density at radius 1 is 1.09 bits per heavy atom. The molecule has 0 bridgehead atoms. The zero-order chi connectivity index (χ0) is 16.5. The molecule has 2 rings (SSSR count). The fourth-order valence-corrected chi connectivity index (χ4v) is 2.19. The molecule has 0 spiro atoms. The second-order valence-corrected chi connectivity index (χ2v) is 4.83. The van der Waals surface area contributed by atoms with Crippen LogP contribution in [-0.4, -0.2) is 13.0 Å². The van der Waals surface area contributed by atoms with Crippen LogP contribution in [0.2, 0.25) is 0 Å². The summed E-state index contributed by atoms with van der Waals surface area (Å²) in [5, 5.41) is 0. The molecule has 0 fully saturated rings. The zero-order valence-electron chi connectivity index (χ0n) is 12.0. The minimum absolute atomic E-state index is 0.142. The quantitative estimate of drug-likeness (QED) is 0.938. The summed E-state index contributed by atoms with van der Waals surface area (Å²) < 4.78 is 43.9. The number of rotatable bonds is 3. The van der Waals surface area contributed by atoms with E-state index >= 15 is 0 Å². The summed E-state index contributed by atoms with van der Waals surface area (Å²) in [6.07, 6.45) is -4.49. The lowest BCUT2D eigenvalue weighted by Crippen LogP contribution is -2.13. The maximum Gasteiger partial charge on any atom is 0.416 e. The van der Waals surface area contributed by atoms with Crippen molar-refractivity contribution in [3.05, 3.63) is 53.1 Å². The second-order valence-electron chi connectivity index (χ2n) is 4.83. The molecule has 0 aliphatic carbocycles. The van der Waals surface area contributed by atoms with E-state index in [1.807, 2.05) is 0 Å². The lowest BCUT2D eigenvalue weighted by atomic mass is 9.95. The highest BCUT2D eigenvalue weighted by molar-refractivity contribution is 6.00. The Labute approximate surface area is 125 Å². The van der Waals surface area contributed by atoms with Crippen molar-refractivity contribution in [1.82, 2.24) is 0 Å². The first-order valence-corrected chi connectivity index (χ1v) is 6.40. The number of halogens is 3. The molecule has 2 aromatic carbocycles. The third kappa shape index (κ3) is 3.05. The van der Waals surface area contributed by atoms with Gasteiger partial charge in [-0.3, -0.25) is 4.79 Å². The molecule has 0 unspecified atom stereocenters. The molecular formula is C16H14F3NO2. The monoisotopic (exact) mass is 309 g/mol. The van der Waals surface area contributed by atoms with Crippen LogP contribution in [0.1, 0.15) is 21.5 Å². The fourth-order valence-electron chi connectivity index (χ4n) is 2.19. The first-order valence-electron chi connectivity index (χ1n) is 6.40. The molecule has 0 saturated carbocycles. The number of ether oxygens (including phenoxy) is 1. The minimum atomic E-state index is -4.49. The molecule has 2 N–H and O–H groups in total. The van der Waals surface area contributed by atoms with E-state index in [-0.39, 0.29) is 16.9 Å². The van der Waals surface area contributed by atoms with Gasteiger partial charge in [-0.15, -0.1) is 0 Å². The molecule has 6 heteroatoms. The summed E-state index contributed by atoms with van der Waals surface area (Å²) in [5.41, 5.74) is 5.92. The Morgan fingerprint density at radius 3 is 2.32 bits per heavy atom. The summed E-state index contributed by atoms with van der Waals surface area (Å²) in [6.45, 7) is 1.77. The average molecular weight is 309 g/mol. The number of hydrogen-bond donors (Lipinski definition) is 1. The highest BCUT2D eigenvalue weighted by Gasteiger charge is 2.31. The fraction of sp³-hybridized carbons (Fsp3) is 0.188. The minimum Gasteiger partial charge on any atom is -0.496 e. The average Bonchev–Trinajstić information content (AvgIpc) is 2.45. The van der Waals surface area contributed by atoms with Gasteiger partial charge in [-0.05, 0) is 36.8 Å². The Hall–Kier alpha value is -2.50. The topological polar surface area (TPSA) is 52.3 Å². The number of carbonyl (C=O) groups excluding carboxylic acids is 1. The van der Waals surface area contributed by atoms with E-state index in [1.165, 1.54) is 19.2 Å². The first kappa shape index (κ1) is 15.9. The molecule has 22 heavy (non-hydrogen) atoms. The molecule has 3 nitrogen and oxygen atoms in total. The Balaban J connectivity index is 2.75. The first-order chi connectivity index (χ1) is 10.2. The van der Waals surface area contributed by atoms with E-state index in [0.29, 0.717) is 5.56 Å². The molecule has 0 aliphatic rings. The summed E-state index contributed by atoms with van der Waals surface area (Å²) >= 11 is 0. The highest BCUT2D eigenvalue weighted by atomic mass is 19.4. The predicted octanol–water partition coefficient (Wildman–Crippen LogP) is 3.79. The molecule has 116 valence electrons. The predicted molar refractivity (Wildman–Crippen MR) is 76.7 cm³/mol. The van der Waals surface area contributed by atoms with E-state index in [1.54, 1.807) is 19.1 Å². The Morgan fingerprint density at radius 2 is 1.77 bits per heavy atom. The van der Waals surface area contributed by atoms with Gasteiger partial charge in [-0.25, -0.2) is 0 Å². The Kier molecular flexibility index (Phi) is 4.12. The second kappa shape index (κ2) is 5.71. The lowest BCUT2D eigenvalue weighted by molar-refractivity contribution is -0.137. The molecular weight excluding hydrogens is 295 g/mol. The van der Waals surface area contributed by atoms with Crippen LogP contribution in [-0.2, 0) is 6.18 Å². The summed E-state index contributed by atoms with van der Waals surface area (Å²) in [4.78, 5) is 11.5. The van der Waals surface area contributed by atoms with Gasteiger partial charge in [0.1, 0.15) is 5.75 Å². The number of methoxy groups -OCH3 is 1. The van der Waals surface area contributed by atoms with Gasteiger partial charge in [-0.2, -0.15) is 13.2 Å². The molecule has 0 aliphatic heterocycles. The standard InChI is InChI=1S/C16H14F3NO2/c1-9-3-5-11(15(20)21)12(7-9)13-8-10(16(17,18)19)4-6-14(13)22-2/h3-8H,1-2H3,(H2,20,21). The number of nitrogens with two attached hydrogens (primary N) is 1. The SMILES string of the molecule is COc1ccc(C(F)(F)F)cc1-c1cc(C)ccc1C(N)=O. The number of alkyl halides is 3. The Bertz CT molecular complexity index is 724. The third-order valence-electron chi connectivity index (χ3n) is 3.26. The van der Waals surface area contributed by atoms with Crippen LogP contribution in [0.3, 0.4) is 0 Å². The van der Waals surface area contributed by atoms with Crippen LogP contribution in [0, 0.1) is 6.92 Å². The van der Waals surface area contributed by atoms with Gasteiger partial charge in [0.2, 0.25) is 5.91 Å². The summed E-state index contributed by atoms with van der Waals surface area (Å²) in [6, 6.07) is 7.89. The van der Waals surface area contributed by atoms with Crippen LogP contribution in [0.4, 0.5) is 13.2 Å². The van der Waals surface area contributed by atoms with E-state index in [2.05, 4.69) is 0 Å². The van der Waals surface area contributed by atoms with Crippen LogP contribution in [0.15, 0.2) is 36.4 Å². The molecule has 1 amide bonds. The van der Waals surface area contributed by atoms with Crippen molar-refractivity contribution in [1.29, 1.82) is 0 Å². The van der Waals surface area contributed by atoms with Crippen molar-refractivity contribution in [2.45, 2.75) is 13.1 Å². The summed E-state index contributed by atoms with van der Waals surface area (Å²) in [7, 11) is 1.35. The highest BCUT2D eigenvalue weighted by Crippen LogP contribution is 2.38. The molecule has 0 saturated heterocycles. The van der Waals surface area contributed by atoms with Gasteiger partial charge in [0, 0.05) is 11.1 Å². The van der Waals surface area contributed by atoms with Crippen molar-refractivity contribution in [2.75, 3.05) is 7.11 Å². The smallest absolute Gasteiger partial charge is 0.416 e. The number of aryl methyl sites for hydroxylation is 1. The molecule has 0 radical (unpaired) electrons. The van der Waals surface area contributed by atoms with Crippen LogP contribution >= 0.6 is 0 Å². The number of hydrogen-bond acceptors (Lipinski definition) is 2. The van der Waals surface area contributed by atoms with Gasteiger partial charge in [-0.1, -0.05) is 17.7 Å². The van der Waals surface area contributed by atoms with E-state index < -0.39 is 17.6 Å². The maximum atomic E-state index is 12.9. The summed E-state index contributed by atoms with van der Waals surface area (Å²) in [5.74, 6) is -0.476. The number of amides is 1. The molecule has 0 heterocycles. The van der Waals surface area contributed by atoms with Crippen molar-refractivity contribution in [2.24, 2.45) is 5.73 Å². The normalized spacial score (nSPS) is 11.3. The maximum absolute atomic E-state index is 12.9. The van der Waals surface area contributed by atoms with Crippen molar-refractivity contribution >= 4 is 5.91 Å². The largest absolute Gasteiger partial charge is 0.496 e. The van der Waals surface area contributed by atoms with Crippen LogP contribution in [0.5, 0.6) is 5.75 Å². The number of benzene rings is 2. The third-order valence-corrected chi connectivity index (χ3v) is 3.26. The zero-order valence-corrected chi connectivity index (χ0v) is 12.0. The van der Waals surface area contributed by atoms with Crippen LogP contribution in [0.25, 0.3) is 11.1 Å². The molecule has 2 aromatic rings. The van der Waals surface area contributed by atoms with Crippen molar-refractivity contribution in [3.8, 4) is 16.9 Å². The number of primary amides is 1. The van der Waals surface area contributed by atoms with Gasteiger partial charge >= 0.3 is 6.18 Å². The molecule has 0 atom stereocenters. The van der Waals surface area contributed by atoms with Crippen molar-refractivity contribution < 1.29 is 22.7 Å². The van der Waals surface area contributed by atoms with Gasteiger partial charge in [0.15, 0.2) is 0 Å². The van der Waals surface area contributed by atoms with Crippen LogP contribution < -0.4 is 10.5 Å². The van der Waals surface area contributed by atoms with Gasteiger partial charge in [0.25, 0.3) is 0 Å². The van der Waals surface area contributed by atoms with E-state index in [9.17, 15) is 18.0 Å². The van der Waals surface area contributed by atoms with Gasteiger partial charge in [0.05, 0.1) is 12.7 Å². The van der Waals surface area contributed by atoms with E-state index in [0.717, 1.165) is 17.7 Å². The van der Waals surface area contributed by atoms with Crippen molar-refractivity contribution in [3.63, 3.8) is 0 Å². The van der Waals surface area contributed by atoms with Gasteiger partial charge < -0.3 is 10.5 Å². The lowest BCUT2D eigenvalue weighted by Gasteiger charge is -2.15.